The Kier molecular flexibility index (Phi) is 8.71. The fourth-order valence-electron chi connectivity index (χ4n) is 3.55. The molecule has 1 heterocycles. The van der Waals surface area contributed by atoms with Crippen molar-refractivity contribution in [3.8, 4) is 0 Å². The number of nitrogens with zero attached hydrogens (tertiary/aromatic N) is 2. The van der Waals surface area contributed by atoms with Crippen LogP contribution in [0.1, 0.15) is 28.8 Å². The smallest absolute Gasteiger partial charge is 0.253 e. The Morgan fingerprint density at radius 2 is 1.63 bits per heavy atom. The second-order valence-corrected chi connectivity index (χ2v) is 8.04. The van der Waals surface area contributed by atoms with Gasteiger partial charge in [0.2, 0.25) is 11.8 Å². The van der Waals surface area contributed by atoms with Crippen molar-refractivity contribution in [1.29, 1.82) is 0 Å². The van der Waals surface area contributed by atoms with Gasteiger partial charge in [0, 0.05) is 24.5 Å². The third kappa shape index (κ3) is 7.53. The Labute approximate surface area is 203 Å². The first-order chi connectivity index (χ1) is 16.8. The van der Waals surface area contributed by atoms with Gasteiger partial charge in [-0.25, -0.2) is 0 Å². The highest BCUT2D eigenvalue weighted by Crippen LogP contribution is 2.13. The molecule has 0 saturated heterocycles. The number of hydrogen-bond acceptors (Lipinski definition) is 5. The second kappa shape index (κ2) is 12.1. The summed E-state index contributed by atoms with van der Waals surface area (Å²) in [6, 6.07) is 16.4. The number of para-hydroxylation sites is 1. The molecule has 0 radical (unpaired) electrons. The van der Waals surface area contributed by atoms with Crippen LogP contribution in [0.3, 0.4) is 0 Å². The predicted octanol–water partition coefficient (Wildman–Crippen LogP) is 0.600. The van der Waals surface area contributed by atoms with E-state index in [0.717, 1.165) is 16.5 Å². The number of primary amides is 1. The van der Waals surface area contributed by atoms with E-state index in [2.05, 4.69) is 20.6 Å². The van der Waals surface area contributed by atoms with Gasteiger partial charge in [0.15, 0.2) is 5.96 Å². The van der Waals surface area contributed by atoms with E-state index in [1.807, 2.05) is 54.6 Å². The maximum Gasteiger partial charge on any atom is 0.253 e. The monoisotopic (exact) mass is 475 g/mol. The van der Waals surface area contributed by atoms with Crippen molar-refractivity contribution < 1.29 is 14.4 Å². The molecule has 1 aromatic heterocycles. The lowest BCUT2D eigenvalue weighted by Gasteiger charge is -2.22. The van der Waals surface area contributed by atoms with Gasteiger partial charge in [-0.2, -0.15) is 0 Å². The third-order valence-electron chi connectivity index (χ3n) is 5.36. The standard InChI is InChI=1S/C25H29N7O3/c26-22(33)21(13-16-7-2-1-3-8-16)32-24(35)20(11-6-12-29-25(27)28)31-23(34)18-14-17-9-4-5-10-19(17)30-15-18/h1-5,7-10,14-15,20-21H,6,11-13H2,(H2,26,33)(H,31,34)(H,32,35)(H4,27,28,29)/t20-,21-/m0/s1. The lowest BCUT2D eigenvalue weighted by molar-refractivity contribution is -0.128. The summed E-state index contributed by atoms with van der Waals surface area (Å²) in [6.45, 7) is 0.281. The van der Waals surface area contributed by atoms with Crippen molar-refractivity contribution in [3.05, 3.63) is 78.0 Å². The van der Waals surface area contributed by atoms with E-state index in [4.69, 9.17) is 17.2 Å². The second-order valence-electron chi connectivity index (χ2n) is 8.04. The summed E-state index contributed by atoms with van der Waals surface area (Å²) in [7, 11) is 0. The summed E-state index contributed by atoms with van der Waals surface area (Å²) < 4.78 is 0. The molecule has 3 aromatic rings. The zero-order valence-corrected chi connectivity index (χ0v) is 19.2. The topological polar surface area (TPSA) is 179 Å². The Morgan fingerprint density at radius 1 is 0.914 bits per heavy atom. The first-order valence-corrected chi connectivity index (χ1v) is 11.2. The minimum absolute atomic E-state index is 0.0612. The largest absolute Gasteiger partial charge is 0.370 e. The molecule has 0 bridgehead atoms. The number of guanidine groups is 1. The minimum atomic E-state index is -0.944. The average Bonchev–Trinajstić information content (AvgIpc) is 2.85. The fourth-order valence-corrected chi connectivity index (χ4v) is 3.55. The van der Waals surface area contributed by atoms with Crippen LogP contribution in [0.2, 0.25) is 0 Å². The maximum absolute atomic E-state index is 13.1. The van der Waals surface area contributed by atoms with E-state index in [0.29, 0.717) is 12.0 Å². The van der Waals surface area contributed by atoms with Crippen molar-refractivity contribution in [3.63, 3.8) is 0 Å². The van der Waals surface area contributed by atoms with Crippen molar-refractivity contribution >= 4 is 34.6 Å². The van der Waals surface area contributed by atoms with Crippen LogP contribution in [0.25, 0.3) is 10.9 Å². The zero-order chi connectivity index (χ0) is 25.2. The maximum atomic E-state index is 13.1. The van der Waals surface area contributed by atoms with Crippen molar-refractivity contribution in [2.75, 3.05) is 6.54 Å². The number of nitrogens with one attached hydrogen (secondary N) is 2. The minimum Gasteiger partial charge on any atom is -0.370 e. The molecule has 0 saturated carbocycles. The molecule has 2 aromatic carbocycles. The van der Waals surface area contributed by atoms with E-state index in [-0.39, 0.29) is 25.3 Å². The molecule has 0 aliphatic heterocycles. The molecule has 10 nitrogen and oxygen atoms in total. The number of benzene rings is 2. The summed E-state index contributed by atoms with van der Waals surface area (Å²) in [5.74, 6) is -1.74. The number of hydrogen-bond donors (Lipinski definition) is 5. The highest BCUT2D eigenvalue weighted by Gasteiger charge is 2.26. The number of carbonyl (C=O) groups excluding carboxylic acids is 3. The summed E-state index contributed by atoms with van der Waals surface area (Å²) in [6.07, 6.45) is 2.34. The molecule has 2 atom stereocenters. The van der Waals surface area contributed by atoms with E-state index >= 15 is 0 Å². The lowest BCUT2D eigenvalue weighted by Crippen LogP contribution is -2.53. The number of aliphatic imine (C=N–C) groups is 1. The number of pyridine rings is 1. The predicted molar refractivity (Wildman–Crippen MR) is 134 cm³/mol. The molecule has 182 valence electrons. The lowest BCUT2D eigenvalue weighted by atomic mass is 10.0. The van der Waals surface area contributed by atoms with Gasteiger partial charge < -0.3 is 27.8 Å². The SMILES string of the molecule is NC(=O)[C@H](Cc1ccccc1)NC(=O)[C@H](CCCN=C(N)N)NC(=O)c1cnc2ccccc2c1. The molecule has 0 aliphatic carbocycles. The van der Waals surface area contributed by atoms with Crippen LogP contribution in [0.5, 0.6) is 0 Å². The molecule has 35 heavy (non-hydrogen) atoms. The van der Waals surface area contributed by atoms with Gasteiger partial charge in [0.05, 0.1) is 11.1 Å². The molecule has 0 spiro atoms. The summed E-state index contributed by atoms with van der Waals surface area (Å²) >= 11 is 0. The molecule has 0 fully saturated rings. The van der Waals surface area contributed by atoms with Gasteiger partial charge in [0.25, 0.3) is 5.91 Å². The molecule has 0 aliphatic rings. The van der Waals surface area contributed by atoms with Crippen molar-refractivity contribution in [1.82, 2.24) is 15.6 Å². The van der Waals surface area contributed by atoms with Gasteiger partial charge in [-0.15, -0.1) is 0 Å². The van der Waals surface area contributed by atoms with Gasteiger partial charge in [-0.1, -0.05) is 48.5 Å². The van der Waals surface area contributed by atoms with Gasteiger partial charge in [0.1, 0.15) is 12.1 Å². The van der Waals surface area contributed by atoms with Crippen LogP contribution in [0, 0.1) is 0 Å². The Hall–Kier alpha value is -4.47. The normalized spacial score (nSPS) is 12.3. The first kappa shape index (κ1) is 25.2. The van der Waals surface area contributed by atoms with E-state index in [1.165, 1.54) is 6.20 Å². The number of carbonyl (C=O) groups is 3. The highest BCUT2D eigenvalue weighted by atomic mass is 16.2. The van der Waals surface area contributed by atoms with Gasteiger partial charge in [-0.05, 0) is 30.5 Å². The van der Waals surface area contributed by atoms with Crippen molar-refractivity contribution in [2.45, 2.75) is 31.3 Å². The number of nitrogens with two attached hydrogens (primary N) is 3. The molecule has 10 heteroatoms. The Balaban J connectivity index is 1.74. The van der Waals surface area contributed by atoms with Crippen molar-refractivity contribution in [2.24, 2.45) is 22.2 Å². The van der Waals surface area contributed by atoms with Gasteiger partial charge in [-0.3, -0.25) is 24.4 Å². The van der Waals surface area contributed by atoms with Crippen LogP contribution in [-0.2, 0) is 16.0 Å². The number of amides is 3. The zero-order valence-electron chi connectivity index (χ0n) is 19.2. The molecule has 3 rings (SSSR count). The quantitative estimate of drug-likeness (QED) is 0.154. The van der Waals surface area contributed by atoms with Crippen LogP contribution in [0.15, 0.2) is 71.9 Å². The summed E-state index contributed by atoms with van der Waals surface area (Å²) in [5, 5.41) is 6.21. The van der Waals surface area contributed by atoms with Crippen LogP contribution in [0.4, 0.5) is 0 Å². The summed E-state index contributed by atoms with van der Waals surface area (Å²) in [4.78, 5) is 46.3. The number of rotatable bonds is 11. The highest BCUT2D eigenvalue weighted by molar-refractivity contribution is 6.00. The van der Waals surface area contributed by atoms with Gasteiger partial charge >= 0.3 is 0 Å². The van der Waals surface area contributed by atoms with Crippen LogP contribution >= 0.6 is 0 Å². The molecule has 8 N–H and O–H groups in total. The van der Waals surface area contributed by atoms with E-state index in [1.54, 1.807) is 6.07 Å². The molecular formula is C25H29N7O3. The molecule has 3 amide bonds. The first-order valence-electron chi connectivity index (χ1n) is 11.2. The van der Waals surface area contributed by atoms with E-state index in [9.17, 15) is 14.4 Å². The van der Waals surface area contributed by atoms with E-state index < -0.39 is 29.8 Å². The number of aromatic nitrogens is 1. The molecule has 0 unspecified atom stereocenters. The van der Waals surface area contributed by atoms with Crippen LogP contribution in [-0.4, -0.2) is 47.3 Å². The average molecular weight is 476 g/mol. The Morgan fingerprint density at radius 3 is 2.34 bits per heavy atom. The molecular weight excluding hydrogens is 446 g/mol. The Bertz CT molecular complexity index is 1210. The number of fused-ring (bicyclic) bond motifs is 1. The summed E-state index contributed by atoms with van der Waals surface area (Å²) in [5.41, 5.74) is 18.2. The fraction of sp³-hybridized carbons (Fsp3) is 0.240. The van der Waals surface area contributed by atoms with Crippen LogP contribution < -0.4 is 27.8 Å². The third-order valence-corrected chi connectivity index (χ3v) is 5.36.